The van der Waals surface area contributed by atoms with Crippen LogP contribution >= 0.6 is 0 Å². The molecular formula is C19H28F2N2O2. The van der Waals surface area contributed by atoms with Gasteiger partial charge in [-0.15, -0.1) is 0 Å². The molecule has 3 rings (SSSR count). The van der Waals surface area contributed by atoms with Crippen LogP contribution in [-0.4, -0.2) is 61.8 Å². The quantitative estimate of drug-likeness (QED) is 0.783. The van der Waals surface area contributed by atoms with Gasteiger partial charge in [-0.25, -0.2) is 0 Å². The monoisotopic (exact) mass is 354 g/mol. The third-order valence-corrected chi connectivity index (χ3v) is 5.47. The first kappa shape index (κ1) is 18.5. The Labute approximate surface area is 148 Å². The summed E-state index contributed by atoms with van der Waals surface area (Å²) in [6.07, 6.45) is 2.37. The van der Waals surface area contributed by atoms with E-state index in [1.165, 1.54) is 12.8 Å². The van der Waals surface area contributed by atoms with Gasteiger partial charge in [-0.05, 0) is 56.5 Å². The molecule has 2 saturated heterocycles. The Kier molecular flexibility index (Phi) is 6.62. The van der Waals surface area contributed by atoms with Crippen molar-refractivity contribution in [2.45, 2.75) is 39.0 Å². The minimum Gasteiger partial charge on any atom is -0.435 e. The summed E-state index contributed by atoms with van der Waals surface area (Å²) < 4.78 is 34.6. The minimum absolute atomic E-state index is 0.239. The Balaban J connectivity index is 1.47. The van der Waals surface area contributed by atoms with Crippen molar-refractivity contribution in [1.82, 2.24) is 9.80 Å². The molecule has 2 aliphatic rings. The Morgan fingerprint density at radius 2 is 1.88 bits per heavy atom. The van der Waals surface area contributed by atoms with E-state index in [1.807, 2.05) is 6.07 Å². The zero-order valence-electron chi connectivity index (χ0n) is 14.9. The Morgan fingerprint density at radius 3 is 2.56 bits per heavy atom. The van der Waals surface area contributed by atoms with Gasteiger partial charge >= 0.3 is 6.61 Å². The number of halogens is 2. The number of alkyl halides is 2. The predicted molar refractivity (Wildman–Crippen MR) is 92.9 cm³/mol. The van der Waals surface area contributed by atoms with Gasteiger partial charge in [-0.2, -0.15) is 8.78 Å². The number of benzene rings is 1. The van der Waals surface area contributed by atoms with Gasteiger partial charge in [0, 0.05) is 25.7 Å². The third-order valence-electron chi connectivity index (χ3n) is 5.47. The van der Waals surface area contributed by atoms with Crippen LogP contribution in [0.15, 0.2) is 24.3 Å². The molecule has 4 nitrogen and oxygen atoms in total. The topological polar surface area (TPSA) is 24.9 Å². The number of nitrogens with zero attached hydrogens (tertiary/aromatic N) is 2. The van der Waals surface area contributed by atoms with Crippen LogP contribution in [0.2, 0.25) is 0 Å². The molecule has 0 N–H and O–H groups in total. The van der Waals surface area contributed by atoms with E-state index in [4.69, 9.17) is 4.74 Å². The number of ether oxygens (including phenoxy) is 2. The maximum atomic E-state index is 12.3. The van der Waals surface area contributed by atoms with E-state index < -0.39 is 6.61 Å². The van der Waals surface area contributed by atoms with Crippen LogP contribution in [0.4, 0.5) is 8.78 Å². The highest BCUT2D eigenvalue weighted by Crippen LogP contribution is 2.26. The molecule has 25 heavy (non-hydrogen) atoms. The number of hydrogen-bond donors (Lipinski definition) is 0. The molecule has 0 saturated carbocycles. The molecule has 2 fully saturated rings. The lowest BCUT2D eigenvalue weighted by Gasteiger charge is -2.41. The molecule has 6 heteroatoms. The molecular weight excluding hydrogens is 326 g/mol. The summed E-state index contributed by atoms with van der Waals surface area (Å²) in [4.78, 5) is 4.96. The molecule has 1 unspecified atom stereocenters. The highest BCUT2D eigenvalue weighted by Gasteiger charge is 2.28. The summed E-state index contributed by atoms with van der Waals surface area (Å²) in [5, 5.41) is 0. The zero-order valence-corrected chi connectivity index (χ0v) is 14.9. The largest absolute Gasteiger partial charge is 0.435 e. The highest BCUT2D eigenvalue weighted by molar-refractivity contribution is 5.28. The number of rotatable bonds is 6. The molecule has 1 aromatic carbocycles. The van der Waals surface area contributed by atoms with Gasteiger partial charge in [0.1, 0.15) is 5.75 Å². The van der Waals surface area contributed by atoms with Gasteiger partial charge in [0.25, 0.3) is 0 Å². The minimum atomic E-state index is -2.77. The predicted octanol–water partition coefficient (Wildman–Crippen LogP) is 3.22. The maximum Gasteiger partial charge on any atom is 0.387 e. The normalized spacial score (nSPS) is 22.2. The number of morpholine rings is 1. The molecule has 0 aliphatic carbocycles. The van der Waals surface area contributed by atoms with Crippen molar-refractivity contribution in [1.29, 1.82) is 0 Å². The molecule has 0 spiro atoms. The fourth-order valence-corrected chi connectivity index (χ4v) is 3.95. The van der Waals surface area contributed by atoms with Crippen LogP contribution < -0.4 is 4.74 Å². The summed E-state index contributed by atoms with van der Waals surface area (Å²) >= 11 is 0. The number of hydrogen-bond acceptors (Lipinski definition) is 4. The van der Waals surface area contributed by atoms with Gasteiger partial charge in [-0.3, -0.25) is 9.80 Å². The van der Waals surface area contributed by atoms with Crippen LogP contribution in [0, 0.1) is 5.92 Å². The van der Waals surface area contributed by atoms with E-state index in [0.29, 0.717) is 6.04 Å². The first-order chi connectivity index (χ1) is 12.1. The van der Waals surface area contributed by atoms with E-state index in [9.17, 15) is 8.78 Å². The fourth-order valence-electron chi connectivity index (χ4n) is 3.95. The molecule has 0 radical (unpaired) electrons. The van der Waals surface area contributed by atoms with Crippen LogP contribution in [-0.2, 0) is 11.3 Å². The lowest BCUT2D eigenvalue weighted by molar-refractivity contribution is -0.0499. The van der Waals surface area contributed by atoms with E-state index >= 15 is 0 Å². The van der Waals surface area contributed by atoms with E-state index in [2.05, 4.69) is 21.5 Å². The molecule has 0 aromatic heterocycles. The Morgan fingerprint density at radius 1 is 1.16 bits per heavy atom. The lowest BCUT2D eigenvalue weighted by atomic mass is 9.89. The van der Waals surface area contributed by atoms with Crippen molar-refractivity contribution in [3.05, 3.63) is 29.8 Å². The lowest BCUT2D eigenvalue weighted by Crippen LogP contribution is -2.48. The van der Waals surface area contributed by atoms with Gasteiger partial charge < -0.3 is 9.47 Å². The standard InChI is InChI=1S/C19H28F2N2O2/c1-15(23-9-11-24-12-10-23)17-5-7-22(8-6-17)14-16-3-2-4-18(13-16)25-19(20)21/h2-4,13,15,17,19H,5-12,14H2,1H3. The smallest absolute Gasteiger partial charge is 0.387 e. The first-order valence-electron chi connectivity index (χ1n) is 9.20. The summed E-state index contributed by atoms with van der Waals surface area (Å²) in [5.74, 6) is 0.964. The maximum absolute atomic E-state index is 12.3. The van der Waals surface area contributed by atoms with E-state index in [1.54, 1.807) is 18.2 Å². The molecule has 1 atom stereocenters. The van der Waals surface area contributed by atoms with Gasteiger partial charge in [0.15, 0.2) is 0 Å². The average molecular weight is 354 g/mol. The Bertz CT molecular complexity index is 530. The van der Waals surface area contributed by atoms with Crippen molar-refractivity contribution >= 4 is 0 Å². The Hall–Kier alpha value is -1.24. The second kappa shape index (κ2) is 8.92. The van der Waals surface area contributed by atoms with Crippen LogP contribution in [0.3, 0.4) is 0 Å². The summed E-state index contributed by atoms with van der Waals surface area (Å²) in [6.45, 7) is 6.25. The van der Waals surface area contributed by atoms with Gasteiger partial charge in [0.05, 0.1) is 13.2 Å². The van der Waals surface area contributed by atoms with E-state index in [0.717, 1.165) is 57.4 Å². The van der Waals surface area contributed by atoms with Crippen LogP contribution in [0.5, 0.6) is 5.75 Å². The SMILES string of the molecule is CC(C1CCN(Cc2cccc(OC(F)F)c2)CC1)N1CCOCC1. The summed E-state index contributed by atoms with van der Waals surface area (Å²) in [7, 11) is 0. The van der Waals surface area contributed by atoms with Gasteiger partial charge in [0.2, 0.25) is 0 Å². The van der Waals surface area contributed by atoms with Crippen molar-refractivity contribution in [3.63, 3.8) is 0 Å². The molecule has 0 amide bonds. The summed E-state index contributed by atoms with van der Waals surface area (Å²) in [6, 6.07) is 7.65. The second-order valence-electron chi connectivity index (χ2n) is 7.03. The van der Waals surface area contributed by atoms with Crippen molar-refractivity contribution in [3.8, 4) is 5.75 Å². The second-order valence-corrected chi connectivity index (χ2v) is 7.03. The molecule has 2 aliphatic heterocycles. The van der Waals surface area contributed by atoms with Crippen LogP contribution in [0.1, 0.15) is 25.3 Å². The highest BCUT2D eigenvalue weighted by atomic mass is 19.3. The van der Waals surface area contributed by atoms with E-state index in [-0.39, 0.29) is 5.75 Å². The third kappa shape index (κ3) is 5.36. The number of likely N-dealkylation sites (tertiary alicyclic amines) is 1. The average Bonchev–Trinajstić information content (AvgIpc) is 2.62. The molecule has 2 heterocycles. The van der Waals surface area contributed by atoms with Gasteiger partial charge in [-0.1, -0.05) is 12.1 Å². The molecule has 0 bridgehead atoms. The van der Waals surface area contributed by atoms with Crippen molar-refractivity contribution in [2.24, 2.45) is 5.92 Å². The summed E-state index contributed by atoms with van der Waals surface area (Å²) in [5.41, 5.74) is 1.03. The first-order valence-corrected chi connectivity index (χ1v) is 9.20. The van der Waals surface area contributed by atoms with Crippen LogP contribution in [0.25, 0.3) is 0 Å². The van der Waals surface area contributed by atoms with Crippen molar-refractivity contribution in [2.75, 3.05) is 39.4 Å². The molecule has 140 valence electrons. The zero-order chi connectivity index (χ0) is 17.6. The van der Waals surface area contributed by atoms with Crippen molar-refractivity contribution < 1.29 is 18.3 Å². The number of piperidine rings is 1. The molecule has 1 aromatic rings. The fraction of sp³-hybridized carbons (Fsp3) is 0.684.